The monoisotopic (exact) mass is 177 g/mol. The highest BCUT2D eigenvalue weighted by atomic mass is 19.1. The predicted molar refractivity (Wildman–Crippen MR) is 49.0 cm³/mol. The summed E-state index contributed by atoms with van der Waals surface area (Å²) < 4.78 is 12.9. The average molecular weight is 177 g/mol. The van der Waals surface area contributed by atoms with Crippen molar-refractivity contribution in [2.75, 3.05) is 6.54 Å². The maximum atomic E-state index is 12.9. The summed E-state index contributed by atoms with van der Waals surface area (Å²) in [5, 5.41) is 3.52. The van der Waals surface area contributed by atoms with Crippen molar-refractivity contribution in [2.24, 2.45) is 0 Å². The molecule has 1 saturated carbocycles. The van der Waals surface area contributed by atoms with E-state index in [1.807, 2.05) is 6.07 Å². The summed E-state index contributed by atoms with van der Waals surface area (Å²) in [4.78, 5) is 0. The molecule has 0 atom stereocenters. The molecular weight excluding hydrogens is 165 g/mol. The molecule has 3 rings (SSSR count). The number of hydrogen-bond acceptors (Lipinski definition) is 1. The number of benzene rings is 1. The normalized spacial score (nSPS) is 22.8. The van der Waals surface area contributed by atoms with Crippen LogP contribution in [0, 0.1) is 5.82 Å². The van der Waals surface area contributed by atoms with Gasteiger partial charge in [-0.25, -0.2) is 4.39 Å². The third-order valence-electron chi connectivity index (χ3n) is 3.19. The van der Waals surface area contributed by atoms with Crippen molar-refractivity contribution in [2.45, 2.75) is 24.8 Å². The van der Waals surface area contributed by atoms with Crippen molar-refractivity contribution in [3.05, 3.63) is 35.1 Å². The van der Waals surface area contributed by atoms with Crippen molar-refractivity contribution in [1.82, 2.24) is 5.32 Å². The van der Waals surface area contributed by atoms with Gasteiger partial charge >= 0.3 is 0 Å². The second-order valence-corrected chi connectivity index (χ2v) is 4.06. The summed E-state index contributed by atoms with van der Waals surface area (Å²) in [6, 6.07) is 5.21. The molecule has 0 amide bonds. The van der Waals surface area contributed by atoms with Gasteiger partial charge in [0.2, 0.25) is 0 Å². The number of halogens is 1. The first-order valence-electron chi connectivity index (χ1n) is 4.84. The van der Waals surface area contributed by atoms with Crippen LogP contribution in [0.15, 0.2) is 18.2 Å². The van der Waals surface area contributed by atoms with E-state index < -0.39 is 0 Å². The van der Waals surface area contributed by atoms with Gasteiger partial charge in [-0.05, 0) is 42.5 Å². The van der Waals surface area contributed by atoms with Crippen LogP contribution in [-0.2, 0) is 12.0 Å². The topological polar surface area (TPSA) is 12.0 Å². The van der Waals surface area contributed by atoms with Gasteiger partial charge in [0.25, 0.3) is 0 Å². The fourth-order valence-corrected chi connectivity index (χ4v) is 2.34. The van der Waals surface area contributed by atoms with Gasteiger partial charge in [-0.2, -0.15) is 0 Å². The van der Waals surface area contributed by atoms with Crippen molar-refractivity contribution < 1.29 is 4.39 Å². The zero-order valence-corrected chi connectivity index (χ0v) is 7.44. The van der Waals surface area contributed by atoms with Crippen LogP contribution in [0.25, 0.3) is 0 Å². The molecule has 0 radical (unpaired) electrons. The molecule has 1 fully saturated rings. The minimum atomic E-state index is -0.101. The van der Waals surface area contributed by atoms with E-state index >= 15 is 0 Å². The zero-order chi connectivity index (χ0) is 8.89. The van der Waals surface area contributed by atoms with Crippen molar-refractivity contribution in [1.29, 1.82) is 0 Å². The fraction of sp³-hybridized carbons (Fsp3) is 0.455. The number of nitrogens with one attached hydrogen (secondary N) is 1. The molecule has 2 aliphatic rings. The average Bonchev–Trinajstić information content (AvgIpc) is 2.86. The van der Waals surface area contributed by atoms with E-state index in [0.717, 1.165) is 13.0 Å². The molecule has 13 heavy (non-hydrogen) atoms. The van der Waals surface area contributed by atoms with E-state index in [2.05, 4.69) is 5.32 Å². The van der Waals surface area contributed by atoms with Gasteiger partial charge in [0.05, 0.1) is 0 Å². The Kier molecular flexibility index (Phi) is 1.34. The van der Waals surface area contributed by atoms with E-state index in [-0.39, 0.29) is 11.4 Å². The highest BCUT2D eigenvalue weighted by Crippen LogP contribution is 2.48. The molecule has 0 aromatic heterocycles. The van der Waals surface area contributed by atoms with E-state index in [0.29, 0.717) is 0 Å². The summed E-state index contributed by atoms with van der Waals surface area (Å²) in [6.45, 7) is 0.996. The van der Waals surface area contributed by atoms with Crippen LogP contribution in [0.2, 0.25) is 0 Å². The molecule has 1 N–H and O–H groups in total. The van der Waals surface area contributed by atoms with Crippen molar-refractivity contribution in [3.8, 4) is 0 Å². The second kappa shape index (κ2) is 2.32. The van der Waals surface area contributed by atoms with Crippen LogP contribution < -0.4 is 5.32 Å². The molecule has 1 aromatic rings. The maximum Gasteiger partial charge on any atom is 0.123 e. The molecule has 1 nitrogen and oxygen atoms in total. The van der Waals surface area contributed by atoms with E-state index in [1.165, 1.54) is 24.0 Å². The Hall–Kier alpha value is -0.890. The highest BCUT2D eigenvalue weighted by Gasteiger charge is 2.46. The zero-order valence-electron chi connectivity index (χ0n) is 7.44. The fourth-order valence-electron chi connectivity index (χ4n) is 2.34. The van der Waals surface area contributed by atoms with Crippen LogP contribution >= 0.6 is 0 Å². The van der Waals surface area contributed by atoms with Crippen LogP contribution in [-0.4, -0.2) is 6.54 Å². The lowest BCUT2D eigenvalue weighted by molar-refractivity contribution is 0.486. The Labute approximate surface area is 77.0 Å². The van der Waals surface area contributed by atoms with Gasteiger partial charge in [-0.3, -0.25) is 0 Å². The number of rotatable bonds is 0. The van der Waals surface area contributed by atoms with Crippen molar-refractivity contribution in [3.63, 3.8) is 0 Å². The summed E-state index contributed by atoms with van der Waals surface area (Å²) in [6.07, 6.45) is 3.39. The lowest BCUT2D eigenvalue weighted by Crippen LogP contribution is -2.36. The molecule has 2 heteroatoms. The molecule has 1 aromatic carbocycles. The number of hydrogen-bond donors (Lipinski definition) is 1. The van der Waals surface area contributed by atoms with Gasteiger partial charge in [0, 0.05) is 12.1 Å². The Morgan fingerprint density at radius 1 is 1.31 bits per heavy atom. The van der Waals surface area contributed by atoms with Gasteiger partial charge in [0.15, 0.2) is 0 Å². The Morgan fingerprint density at radius 2 is 2.15 bits per heavy atom. The van der Waals surface area contributed by atoms with Crippen LogP contribution in [0.4, 0.5) is 4.39 Å². The SMILES string of the molecule is Fc1ccc2c(c1)CCNC21CC1. The second-order valence-electron chi connectivity index (χ2n) is 4.06. The summed E-state index contributed by atoms with van der Waals surface area (Å²) >= 11 is 0. The number of fused-ring (bicyclic) bond motifs is 2. The molecule has 68 valence electrons. The van der Waals surface area contributed by atoms with Gasteiger partial charge < -0.3 is 5.32 Å². The Bertz CT molecular complexity index is 355. The lowest BCUT2D eigenvalue weighted by Gasteiger charge is -2.26. The third kappa shape index (κ3) is 1.02. The smallest absolute Gasteiger partial charge is 0.123 e. The summed E-state index contributed by atoms with van der Waals surface area (Å²) in [5.41, 5.74) is 2.78. The largest absolute Gasteiger partial charge is 0.307 e. The minimum absolute atomic E-state index is 0.101. The molecule has 0 unspecified atom stereocenters. The predicted octanol–water partition coefficient (Wildman–Crippen LogP) is 1.96. The summed E-state index contributed by atoms with van der Waals surface area (Å²) in [7, 11) is 0. The molecule has 1 aliphatic carbocycles. The standard InChI is InChI=1S/C11H12FN/c12-9-1-2-10-8(7-9)3-6-13-11(10)4-5-11/h1-2,7,13H,3-6H2. The van der Waals surface area contributed by atoms with Crippen molar-refractivity contribution >= 4 is 0 Å². The van der Waals surface area contributed by atoms with E-state index in [4.69, 9.17) is 0 Å². The quantitative estimate of drug-likeness (QED) is 0.638. The van der Waals surface area contributed by atoms with E-state index in [1.54, 1.807) is 12.1 Å². The molecular formula is C11H12FN. The molecule has 0 bridgehead atoms. The molecule has 1 spiro atoms. The van der Waals surface area contributed by atoms with Gasteiger partial charge in [-0.15, -0.1) is 0 Å². The molecule has 1 aliphatic heterocycles. The Balaban J connectivity index is 2.15. The molecule has 0 saturated heterocycles. The minimum Gasteiger partial charge on any atom is -0.307 e. The lowest BCUT2D eigenvalue weighted by atomic mass is 9.92. The highest BCUT2D eigenvalue weighted by molar-refractivity contribution is 5.40. The Morgan fingerprint density at radius 3 is 2.92 bits per heavy atom. The summed E-state index contributed by atoms with van der Waals surface area (Å²) in [5.74, 6) is -0.101. The molecule has 1 heterocycles. The third-order valence-corrected chi connectivity index (χ3v) is 3.19. The first-order valence-corrected chi connectivity index (χ1v) is 4.84. The van der Waals surface area contributed by atoms with E-state index in [9.17, 15) is 4.39 Å². The maximum absolute atomic E-state index is 12.9. The van der Waals surface area contributed by atoms with Crippen LogP contribution in [0.5, 0.6) is 0 Å². The van der Waals surface area contributed by atoms with Crippen LogP contribution in [0.1, 0.15) is 24.0 Å². The first-order chi connectivity index (χ1) is 6.30. The van der Waals surface area contributed by atoms with Crippen LogP contribution in [0.3, 0.4) is 0 Å². The first kappa shape index (κ1) is 7.51. The van der Waals surface area contributed by atoms with Gasteiger partial charge in [0.1, 0.15) is 5.82 Å². The van der Waals surface area contributed by atoms with Gasteiger partial charge in [-0.1, -0.05) is 6.07 Å².